The van der Waals surface area contributed by atoms with Gasteiger partial charge >= 0.3 is 20.2 Å². The molecule has 0 saturated heterocycles. The predicted octanol–water partition coefficient (Wildman–Crippen LogP) is 3.40. The Kier molecular flexibility index (Phi) is 16.7. The molecule has 0 aliphatic carbocycles. The number of rotatable bonds is 0. The average Bonchev–Trinajstić information content (AvgIpc) is 1.71. The quantitative estimate of drug-likeness (QED) is 0.364. The summed E-state index contributed by atoms with van der Waals surface area (Å²) in [4.78, 5) is 21.6. The van der Waals surface area contributed by atoms with E-state index in [0.29, 0.717) is 0 Å². The summed E-state index contributed by atoms with van der Waals surface area (Å²) in [6, 6.07) is 0. The van der Waals surface area contributed by atoms with Crippen LogP contribution in [0, 0.1) is 0 Å². The van der Waals surface area contributed by atoms with E-state index < -0.39 is 20.2 Å². The predicted molar refractivity (Wildman–Crippen MR) is 53.6 cm³/mol. The van der Waals surface area contributed by atoms with Gasteiger partial charge in [-0.25, -0.2) is 4.57 Å². The third-order valence-electron chi connectivity index (χ3n) is 0. The third kappa shape index (κ3) is 9890. The van der Waals surface area contributed by atoms with Crippen molar-refractivity contribution in [2.75, 3.05) is 0 Å². The molecule has 0 radical (unpaired) electrons. The van der Waals surface area contributed by atoms with Crippen molar-refractivity contribution in [3.05, 3.63) is 12.7 Å². The zero-order valence-corrected chi connectivity index (χ0v) is 10.6. The lowest BCUT2D eigenvalue weighted by molar-refractivity contribution is -0.111. The molecule has 0 atom stereocenters. The first-order valence-corrected chi connectivity index (χ1v) is 5.47. The summed E-state index contributed by atoms with van der Waals surface area (Å²) in [5.74, 6) is 0. The van der Waals surface area contributed by atoms with Gasteiger partial charge in [-0.15, -0.1) is 6.58 Å². The number of alkyl halides is 6. The van der Waals surface area contributed by atoms with Crippen LogP contribution in [0.2, 0.25) is 0 Å². The molecule has 0 aliphatic rings. The molecule has 0 saturated carbocycles. The van der Waals surface area contributed by atoms with Crippen LogP contribution in [0.5, 0.6) is 0 Å². The molecule has 0 amide bonds. The van der Waals surface area contributed by atoms with Crippen LogP contribution in [0.15, 0.2) is 12.7 Å². The fourth-order valence-electron chi connectivity index (χ4n) is 0. The standard InChI is InChI=1S/C3H6.2C2H3F3.H3O4P/c1-3-2;2*1-2(3,4)5;1-5(2,3)4/h3H,1H2,2H3;2*1H3;(H3,1,2,3,4). The van der Waals surface area contributed by atoms with Crippen molar-refractivity contribution in [3.63, 3.8) is 0 Å². The largest absolute Gasteiger partial charge is 0.466 e. The lowest BCUT2D eigenvalue weighted by Crippen LogP contribution is -1.95. The van der Waals surface area contributed by atoms with Crippen molar-refractivity contribution >= 4 is 7.82 Å². The molecule has 0 bridgehead atoms. The second-order valence-electron chi connectivity index (χ2n) is 2.48. The van der Waals surface area contributed by atoms with Crippen LogP contribution in [-0.2, 0) is 4.57 Å². The molecule has 114 valence electrons. The van der Waals surface area contributed by atoms with E-state index in [-0.39, 0.29) is 13.8 Å². The lowest BCUT2D eigenvalue weighted by Gasteiger charge is -1.88. The Balaban J connectivity index is -0.0000000739. The highest BCUT2D eigenvalue weighted by molar-refractivity contribution is 7.45. The number of hydrogen-bond acceptors (Lipinski definition) is 1. The maximum atomic E-state index is 10.4. The molecular weight excluding hydrogens is 293 g/mol. The van der Waals surface area contributed by atoms with Crippen molar-refractivity contribution in [2.45, 2.75) is 33.1 Å². The van der Waals surface area contributed by atoms with E-state index in [1.165, 1.54) is 0 Å². The smallest absolute Gasteiger partial charge is 0.303 e. The fraction of sp³-hybridized carbons (Fsp3) is 0.714. The Morgan fingerprint density at radius 1 is 0.944 bits per heavy atom. The Morgan fingerprint density at radius 2 is 0.944 bits per heavy atom. The van der Waals surface area contributed by atoms with Crippen molar-refractivity contribution in [3.8, 4) is 0 Å². The van der Waals surface area contributed by atoms with Crippen LogP contribution >= 0.6 is 7.82 Å². The van der Waals surface area contributed by atoms with Gasteiger partial charge < -0.3 is 14.7 Å². The first-order chi connectivity index (χ1) is 7.41. The van der Waals surface area contributed by atoms with Crippen molar-refractivity contribution in [1.29, 1.82) is 0 Å². The topological polar surface area (TPSA) is 77.8 Å². The van der Waals surface area contributed by atoms with Crippen LogP contribution < -0.4 is 0 Å². The highest BCUT2D eigenvalue weighted by Crippen LogP contribution is 2.25. The van der Waals surface area contributed by atoms with E-state index in [9.17, 15) is 26.3 Å². The molecule has 3 N–H and O–H groups in total. The third-order valence-corrected chi connectivity index (χ3v) is 0. The summed E-state index contributed by atoms with van der Waals surface area (Å²) in [6.07, 6.45) is -6.25. The molecule has 0 aliphatic heterocycles. The summed E-state index contributed by atoms with van der Waals surface area (Å²) in [7, 11) is -4.64. The number of allylic oxidation sites excluding steroid dienone is 1. The van der Waals surface area contributed by atoms with Gasteiger partial charge in [-0.05, 0) is 6.92 Å². The van der Waals surface area contributed by atoms with Crippen LogP contribution in [-0.4, -0.2) is 27.0 Å². The summed E-state index contributed by atoms with van der Waals surface area (Å²) >= 11 is 0. The highest BCUT2D eigenvalue weighted by Gasteiger charge is 2.16. The van der Waals surface area contributed by atoms with Gasteiger partial charge in [0.25, 0.3) is 0 Å². The Bertz CT molecular complexity index is 199. The number of phosphoric acid groups is 1. The minimum absolute atomic E-state index is 0.188. The van der Waals surface area contributed by atoms with Crippen LogP contribution in [0.25, 0.3) is 0 Å². The zero-order valence-electron chi connectivity index (χ0n) is 9.75. The molecule has 0 heterocycles. The fourth-order valence-corrected chi connectivity index (χ4v) is 0. The summed E-state index contributed by atoms with van der Waals surface area (Å²) in [6.45, 7) is 5.62. The summed E-state index contributed by atoms with van der Waals surface area (Å²) in [5, 5.41) is 0. The lowest BCUT2D eigenvalue weighted by atomic mass is 10.8. The van der Waals surface area contributed by atoms with E-state index in [0.717, 1.165) is 0 Å². The Labute approximate surface area is 100 Å². The van der Waals surface area contributed by atoms with Gasteiger partial charge in [0.2, 0.25) is 0 Å². The Hall–Kier alpha value is -0.570. The van der Waals surface area contributed by atoms with Crippen LogP contribution in [0.4, 0.5) is 26.3 Å². The molecule has 0 fully saturated rings. The SMILES string of the molecule is C=CC.CC(F)(F)F.CC(F)(F)F.O=P(O)(O)O. The van der Waals surface area contributed by atoms with Gasteiger partial charge in [-0.1, -0.05) is 6.08 Å². The van der Waals surface area contributed by atoms with Crippen LogP contribution in [0.3, 0.4) is 0 Å². The van der Waals surface area contributed by atoms with Crippen LogP contribution in [0.1, 0.15) is 20.8 Å². The Morgan fingerprint density at radius 3 is 0.944 bits per heavy atom. The second kappa shape index (κ2) is 11.5. The van der Waals surface area contributed by atoms with E-state index >= 15 is 0 Å². The zero-order chi connectivity index (χ0) is 16.2. The van der Waals surface area contributed by atoms with Gasteiger partial charge in [0.15, 0.2) is 0 Å². The minimum Gasteiger partial charge on any atom is -0.303 e. The summed E-state index contributed by atoms with van der Waals surface area (Å²) < 4.78 is 71.0. The molecule has 0 rings (SSSR count). The molecule has 0 unspecified atom stereocenters. The summed E-state index contributed by atoms with van der Waals surface area (Å²) in [5.41, 5.74) is 0. The number of hydrogen-bond donors (Lipinski definition) is 3. The molecule has 11 heteroatoms. The number of halogens is 6. The maximum Gasteiger partial charge on any atom is 0.466 e. The minimum atomic E-state index is -4.64. The maximum absolute atomic E-state index is 10.4. The van der Waals surface area contributed by atoms with E-state index in [1.807, 2.05) is 6.92 Å². The normalized spacial score (nSPS) is 10.7. The van der Waals surface area contributed by atoms with Gasteiger partial charge in [-0.3, -0.25) is 0 Å². The monoisotopic (exact) mass is 308 g/mol. The van der Waals surface area contributed by atoms with Gasteiger partial charge in [-0.2, -0.15) is 26.3 Å². The van der Waals surface area contributed by atoms with Gasteiger partial charge in [0, 0.05) is 13.8 Å². The van der Waals surface area contributed by atoms with Gasteiger partial charge in [0.05, 0.1) is 0 Å². The molecule has 0 aromatic heterocycles. The first-order valence-electron chi connectivity index (χ1n) is 3.90. The van der Waals surface area contributed by atoms with Crippen molar-refractivity contribution in [1.82, 2.24) is 0 Å². The van der Waals surface area contributed by atoms with E-state index in [2.05, 4.69) is 6.58 Å². The van der Waals surface area contributed by atoms with Crippen molar-refractivity contribution < 1.29 is 45.6 Å². The highest BCUT2D eigenvalue weighted by atomic mass is 31.2. The van der Waals surface area contributed by atoms with Crippen molar-refractivity contribution in [2.24, 2.45) is 0 Å². The molecule has 0 aromatic carbocycles. The first kappa shape index (κ1) is 26.1. The molecular formula is C7H15F6O4P. The van der Waals surface area contributed by atoms with E-state index in [1.54, 1.807) is 6.08 Å². The average molecular weight is 308 g/mol. The second-order valence-corrected chi connectivity index (χ2v) is 3.51. The molecule has 0 spiro atoms. The molecule has 4 nitrogen and oxygen atoms in total. The van der Waals surface area contributed by atoms with E-state index in [4.69, 9.17) is 19.2 Å². The molecule has 18 heavy (non-hydrogen) atoms. The molecule has 0 aromatic rings. The van der Waals surface area contributed by atoms with Gasteiger partial charge in [0.1, 0.15) is 0 Å².